The van der Waals surface area contributed by atoms with Gasteiger partial charge in [0, 0.05) is 16.3 Å². The normalized spacial score (nSPS) is 12.2. The van der Waals surface area contributed by atoms with E-state index in [9.17, 15) is 0 Å². The summed E-state index contributed by atoms with van der Waals surface area (Å²) < 4.78 is 6.83. The highest BCUT2D eigenvalue weighted by Crippen LogP contribution is 2.29. The van der Waals surface area contributed by atoms with E-state index >= 15 is 0 Å². The molecule has 0 fully saturated rings. The Kier molecular flexibility index (Phi) is 2.92. The van der Waals surface area contributed by atoms with Gasteiger partial charge in [0.05, 0.1) is 4.51 Å². The second-order valence-corrected chi connectivity index (χ2v) is 6.27. The maximum absolute atomic E-state index is 6.15. The molecule has 20 heavy (non-hydrogen) atoms. The fraction of sp³-hybridized carbons (Fsp3) is 0.235. The highest BCUT2D eigenvalue weighted by molar-refractivity contribution is 7.72. The van der Waals surface area contributed by atoms with Gasteiger partial charge >= 0.3 is 0 Å². The molecule has 3 aromatic rings. The van der Waals surface area contributed by atoms with Crippen molar-refractivity contribution in [3.05, 3.63) is 52.0 Å². The number of hydrogen-bond donors (Lipinski definition) is 1. The van der Waals surface area contributed by atoms with E-state index in [1.54, 1.807) is 0 Å². The van der Waals surface area contributed by atoms with Crippen LogP contribution in [0, 0.1) is 11.4 Å². The van der Waals surface area contributed by atoms with Gasteiger partial charge in [0.2, 0.25) is 0 Å². The fourth-order valence-electron chi connectivity index (χ4n) is 2.37. The molecule has 0 amide bonds. The van der Waals surface area contributed by atoms with Crippen molar-refractivity contribution in [1.29, 1.82) is 0 Å². The van der Waals surface area contributed by atoms with Crippen LogP contribution in [0.25, 0.3) is 21.9 Å². The number of fused-ring (bicyclic) bond motifs is 2. The molecule has 2 aromatic carbocycles. The minimum absolute atomic E-state index is 0.395. The lowest BCUT2D eigenvalue weighted by Crippen LogP contribution is -2.28. The van der Waals surface area contributed by atoms with Crippen LogP contribution in [0.15, 0.2) is 40.8 Å². The summed E-state index contributed by atoms with van der Waals surface area (Å²) in [5, 5.41) is 1.96. The zero-order valence-corrected chi connectivity index (χ0v) is 12.7. The van der Waals surface area contributed by atoms with Crippen molar-refractivity contribution in [2.75, 3.05) is 0 Å². The highest BCUT2D eigenvalue weighted by atomic mass is 32.1. The zero-order chi connectivity index (χ0) is 14.5. The Hall–Kier alpha value is -1.71. The minimum Gasteiger partial charge on any atom is -0.456 e. The van der Waals surface area contributed by atoms with Crippen LogP contribution in [-0.4, -0.2) is 0 Å². The van der Waals surface area contributed by atoms with Crippen molar-refractivity contribution in [2.24, 2.45) is 5.73 Å². The van der Waals surface area contributed by atoms with E-state index in [0.29, 0.717) is 0 Å². The molecule has 0 saturated carbocycles. The van der Waals surface area contributed by atoms with Gasteiger partial charge in [0.25, 0.3) is 0 Å². The summed E-state index contributed by atoms with van der Waals surface area (Å²) in [5.74, 6) is 0. The molecule has 0 aliphatic heterocycles. The van der Waals surface area contributed by atoms with E-state index in [-0.39, 0.29) is 0 Å². The van der Waals surface area contributed by atoms with Gasteiger partial charge in [0.15, 0.2) is 0 Å². The van der Waals surface area contributed by atoms with Gasteiger partial charge in [-0.25, -0.2) is 0 Å². The van der Waals surface area contributed by atoms with E-state index in [2.05, 4.69) is 13.0 Å². The van der Waals surface area contributed by atoms with E-state index in [4.69, 9.17) is 22.4 Å². The summed E-state index contributed by atoms with van der Waals surface area (Å²) in [4.78, 5) is 0. The third-order valence-corrected chi connectivity index (χ3v) is 4.01. The summed E-state index contributed by atoms with van der Waals surface area (Å²) in [7, 11) is 0. The third-order valence-electron chi connectivity index (χ3n) is 3.57. The van der Waals surface area contributed by atoms with Gasteiger partial charge in [-0.1, -0.05) is 29.9 Å². The average molecular weight is 283 g/mol. The number of hydrogen-bond acceptors (Lipinski definition) is 3. The first-order valence-electron chi connectivity index (χ1n) is 6.63. The van der Waals surface area contributed by atoms with Crippen LogP contribution in [0.3, 0.4) is 0 Å². The second-order valence-electron chi connectivity index (χ2n) is 5.86. The molecule has 1 heterocycles. The second kappa shape index (κ2) is 4.40. The van der Waals surface area contributed by atoms with E-state index < -0.39 is 5.54 Å². The zero-order valence-electron chi connectivity index (χ0n) is 11.9. The van der Waals surface area contributed by atoms with Gasteiger partial charge in [-0.2, -0.15) is 0 Å². The van der Waals surface area contributed by atoms with Crippen LogP contribution in [-0.2, 0) is 5.54 Å². The smallest absolute Gasteiger partial charge is 0.136 e. The van der Waals surface area contributed by atoms with E-state index in [1.165, 1.54) is 5.56 Å². The molecular formula is C17H17NOS. The van der Waals surface area contributed by atoms with E-state index in [0.717, 1.165) is 32.0 Å². The van der Waals surface area contributed by atoms with Crippen LogP contribution < -0.4 is 5.73 Å². The molecule has 0 saturated heterocycles. The predicted octanol–water partition coefficient (Wildman–Crippen LogP) is 4.82. The molecule has 0 aliphatic rings. The largest absolute Gasteiger partial charge is 0.456 e. The van der Waals surface area contributed by atoms with Crippen LogP contribution in [0.2, 0.25) is 0 Å². The van der Waals surface area contributed by atoms with Crippen molar-refractivity contribution in [1.82, 2.24) is 0 Å². The Morgan fingerprint density at radius 1 is 1.00 bits per heavy atom. The number of nitrogens with two attached hydrogens (primary N) is 1. The van der Waals surface area contributed by atoms with Crippen LogP contribution in [0.4, 0.5) is 0 Å². The van der Waals surface area contributed by atoms with Crippen molar-refractivity contribution in [3.8, 4) is 0 Å². The van der Waals surface area contributed by atoms with Crippen molar-refractivity contribution >= 4 is 34.2 Å². The number of rotatable bonds is 1. The fourth-order valence-corrected chi connectivity index (χ4v) is 2.70. The first kappa shape index (κ1) is 13.3. The SMILES string of the molecule is Cc1ccc2oc3cc(C(C)(C)N)ccc3c(=S)c2c1. The molecule has 3 heteroatoms. The monoisotopic (exact) mass is 283 g/mol. The average Bonchev–Trinajstić information content (AvgIpc) is 2.38. The summed E-state index contributed by atoms with van der Waals surface area (Å²) in [6.07, 6.45) is 0. The lowest BCUT2D eigenvalue weighted by Gasteiger charge is -2.19. The summed E-state index contributed by atoms with van der Waals surface area (Å²) >= 11 is 5.60. The van der Waals surface area contributed by atoms with Crippen molar-refractivity contribution in [3.63, 3.8) is 0 Å². The Bertz CT molecular complexity index is 872. The molecule has 0 atom stereocenters. The summed E-state index contributed by atoms with van der Waals surface area (Å²) in [5.41, 5.74) is 9.58. The molecule has 0 aliphatic carbocycles. The van der Waals surface area contributed by atoms with Gasteiger partial charge in [0.1, 0.15) is 11.2 Å². The lowest BCUT2D eigenvalue weighted by molar-refractivity contribution is 0.552. The van der Waals surface area contributed by atoms with E-state index in [1.807, 2.05) is 44.2 Å². The highest BCUT2D eigenvalue weighted by Gasteiger charge is 2.15. The van der Waals surface area contributed by atoms with Crippen molar-refractivity contribution < 1.29 is 4.42 Å². The number of aryl methyl sites for hydroxylation is 1. The number of benzene rings is 2. The lowest BCUT2D eigenvalue weighted by atomic mass is 9.94. The Labute approximate surface area is 123 Å². The predicted molar refractivity (Wildman–Crippen MR) is 86.5 cm³/mol. The van der Waals surface area contributed by atoms with Crippen LogP contribution in [0.5, 0.6) is 0 Å². The summed E-state index contributed by atoms with van der Waals surface area (Å²) in [6.45, 7) is 6.01. The Morgan fingerprint density at radius 2 is 1.75 bits per heavy atom. The topological polar surface area (TPSA) is 39.2 Å². The Morgan fingerprint density at radius 3 is 2.45 bits per heavy atom. The molecule has 0 radical (unpaired) electrons. The first-order valence-corrected chi connectivity index (χ1v) is 7.04. The maximum atomic E-state index is 6.15. The molecule has 0 spiro atoms. The molecule has 2 nitrogen and oxygen atoms in total. The minimum atomic E-state index is -0.395. The van der Waals surface area contributed by atoms with Crippen LogP contribution in [0.1, 0.15) is 25.0 Å². The van der Waals surface area contributed by atoms with Crippen LogP contribution >= 0.6 is 12.2 Å². The van der Waals surface area contributed by atoms with Crippen molar-refractivity contribution in [2.45, 2.75) is 26.3 Å². The maximum Gasteiger partial charge on any atom is 0.136 e. The van der Waals surface area contributed by atoms with Gasteiger partial charge < -0.3 is 10.2 Å². The molecule has 1 aromatic heterocycles. The summed E-state index contributed by atoms with van der Waals surface area (Å²) in [6, 6.07) is 12.1. The standard InChI is InChI=1S/C17H17NOS/c1-10-4-7-14-13(8-10)16(20)12-6-5-11(17(2,3)18)9-15(12)19-14/h4-9H,18H2,1-3H3. The molecule has 3 rings (SSSR count). The first-order chi connectivity index (χ1) is 9.36. The van der Waals surface area contributed by atoms with Gasteiger partial charge in [-0.15, -0.1) is 0 Å². The third kappa shape index (κ3) is 2.13. The quantitative estimate of drug-likeness (QED) is 0.514. The molecule has 2 N–H and O–H groups in total. The molecule has 0 unspecified atom stereocenters. The molecular weight excluding hydrogens is 266 g/mol. The van der Waals surface area contributed by atoms with Gasteiger partial charge in [-0.05, 0) is 50.6 Å². The van der Waals surface area contributed by atoms with Gasteiger partial charge in [-0.3, -0.25) is 0 Å². The Balaban J connectivity index is 2.41. The molecule has 102 valence electrons. The molecule has 0 bridgehead atoms.